The smallest absolute Gasteiger partial charge is 0.349 e. The number of rotatable bonds is 3. The number of hydrogen-bond donors (Lipinski definition) is 3. The van der Waals surface area contributed by atoms with E-state index in [-0.39, 0.29) is 23.2 Å². The Morgan fingerprint density at radius 1 is 1.36 bits per heavy atom. The van der Waals surface area contributed by atoms with Gasteiger partial charge in [-0.15, -0.1) is 0 Å². The monoisotopic (exact) mass is 357 g/mol. The molecule has 2 aliphatic heterocycles. The molecule has 2 heterocycles. The summed E-state index contributed by atoms with van der Waals surface area (Å²) in [6.07, 6.45) is 1.51. The van der Waals surface area contributed by atoms with E-state index in [1.807, 2.05) is 26.0 Å². The van der Waals surface area contributed by atoms with Crippen LogP contribution in [0, 0.1) is 13.8 Å². The lowest BCUT2D eigenvalue weighted by atomic mass is 10.1. The maximum Gasteiger partial charge on any atom is 0.349 e. The Bertz CT molecular complexity index is 1100. The summed E-state index contributed by atoms with van der Waals surface area (Å²) >= 11 is 4.68. The molecule has 0 fully saturated rings. The van der Waals surface area contributed by atoms with Crippen molar-refractivity contribution in [2.45, 2.75) is 20.4 Å². The summed E-state index contributed by atoms with van der Waals surface area (Å²) in [5.74, 6) is 0.186. The SMILES string of the molecule is Cc1cc2nc3c(=O)[nH]c(=O)nc-3n(C/C=N/NC(N)=S)c2cc1C. The molecule has 0 unspecified atom stereocenters. The maximum absolute atomic E-state index is 12.1. The van der Waals surface area contributed by atoms with Gasteiger partial charge in [-0.25, -0.2) is 9.78 Å². The molecule has 2 aliphatic rings. The van der Waals surface area contributed by atoms with Gasteiger partial charge in [0.1, 0.15) is 0 Å². The molecular formula is C15H15N7O2S. The number of aromatic amines is 1. The molecule has 0 aromatic heterocycles. The van der Waals surface area contributed by atoms with Crippen LogP contribution in [0.5, 0.6) is 0 Å². The van der Waals surface area contributed by atoms with Crippen molar-refractivity contribution in [3.63, 3.8) is 0 Å². The second kappa shape index (κ2) is 6.40. The van der Waals surface area contributed by atoms with Gasteiger partial charge in [0.25, 0.3) is 5.56 Å². The number of nitrogens with one attached hydrogen (secondary N) is 2. The zero-order valence-corrected chi connectivity index (χ0v) is 14.3. The number of thiocarbonyl (C=S) groups is 1. The third-order valence-corrected chi connectivity index (χ3v) is 3.85. The predicted octanol–water partition coefficient (Wildman–Crippen LogP) is 0.0204. The molecule has 0 radical (unpaired) electrons. The van der Waals surface area contributed by atoms with Crippen LogP contribution in [0.3, 0.4) is 0 Å². The minimum Gasteiger partial charge on any atom is -0.375 e. The van der Waals surface area contributed by atoms with E-state index in [0.717, 1.165) is 16.6 Å². The molecule has 0 spiro atoms. The Kier molecular flexibility index (Phi) is 4.28. The first kappa shape index (κ1) is 16.7. The van der Waals surface area contributed by atoms with Crippen LogP contribution < -0.4 is 22.4 Å². The summed E-state index contributed by atoms with van der Waals surface area (Å²) in [5.41, 5.74) is 10.00. The Hall–Kier alpha value is -3.14. The van der Waals surface area contributed by atoms with Gasteiger partial charge in [0, 0.05) is 6.21 Å². The Morgan fingerprint density at radius 3 is 2.80 bits per heavy atom. The van der Waals surface area contributed by atoms with Crippen molar-refractivity contribution in [1.29, 1.82) is 0 Å². The molecule has 0 bridgehead atoms. The number of fused-ring (bicyclic) bond motifs is 2. The number of aromatic nitrogens is 4. The van der Waals surface area contributed by atoms with E-state index < -0.39 is 11.2 Å². The van der Waals surface area contributed by atoms with Crippen LogP contribution in [0.1, 0.15) is 11.1 Å². The molecule has 0 saturated heterocycles. The first-order valence-electron chi connectivity index (χ1n) is 7.35. The van der Waals surface area contributed by atoms with Crippen LogP contribution in [0.25, 0.3) is 22.6 Å². The molecular weight excluding hydrogens is 342 g/mol. The summed E-state index contributed by atoms with van der Waals surface area (Å²) in [6.45, 7) is 4.17. The fraction of sp³-hybridized carbons (Fsp3) is 0.200. The number of aryl methyl sites for hydroxylation is 2. The summed E-state index contributed by atoms with van der Waals surface area (Å²) in [5, 5.41) is 3.93. The number of hydrogen-bond acceptors (Lipinski definition) is 6. The van der Waals surface area contributed by atoms with Crippen molar-refractivity contribution in [3.05, 3.63) is 44.1 Å². The second-order valence-electron chi connectivity index (χ2n) is 5.48. The van der Waals surface area contributed by atoms with Gasteiger partial charge in [0.2, 0.25) is 0 Å². The lowest BCUT2D eigenvalue weighted by Gasteiger charge is -2.16. The summed E-state index contributed by atoms with van der Waals surface area (Å²) in [6, 6.07) is 3.81. The number of H-pyrrole nitrogens is 1. The topological polar surface area (TPSA) is 131 Å². The van der Waals surface area contributed by atoms with Crippen molar-refractivity contribution < 1.29 is 0 Å². The third-order valence-electron chi connectivity index (χ3n) is 3.75. The van der Waals surface area contributed by atoms with Crippen molar-refractivity contribution >= 4 is 34.6 Å². The van der Waals surface area contributed by atoms with Gasteiger partial charge in [0.05, 0.1) is 17.6 Å². The highest BCUT2D eigenvalue weighted by atomic mass is 32.1. The summed E-state index contributed by atoms with van der Waals surface area (Å²) in [4.78, 5) is 34.2. The van der Waals surface area contributed by atoms with Crippen molar-refractivity contribution in [2.75, 3.05) is 0 Å². The van der Waals surface area contributed by atoms with E-state index in [9.17, 15) is 9.59 Å². The van der Waals surface area contributed by atoms with Gasteiger partial charge >= 0.3 is 5.69 Å². The van der Waals surface area contributed by atoms with E-state index in [2.05, 4.69) is 37.7 Å². The average Bonchev–Trinajstić information content (AvgIpc) is 2.53. The minimum absolute atomic E-state index is 0.0357. The molecule has 0 aliphatic carbocycles. The third kappa shape index (κ3) is 3.24. The van der Waals surface area contributed by atoms with Gasteiger partial charge in [-0.1, -0.05) is 0 Å². The molecule has 1 aromatic rings. The summed E-state index contributed by atoms with van der Waals surface area (Å²) < 4.78 is 1.70. The maximum atomic E-state index is 12.1. The quantitative estimate of drug-likeness (QED) is 0.261. The number of nitrogens with two attached hydrogens (primary N) is 1. The fourth-order valence-electron chi connectivity index (χ4n) is 2.47. The fourth-order valence-corrected chi connectivity index (χ4v) is 2.52. The number of benzene rings is 1. The molecule has 128 valence electrons. The molecule has 9 nitrogen and oxygen atoms in total. The van der Waals surface area contributed by atoms with Crippen LogP contribution in [0.4, 0.5) is 0 Å². The lowest BCUT2D eigenvalue weighted by Crippen LogP contribution is -2.29. The largest absolute Gasteiger partial charge is 0.375 e. The van der Waals surface area contributed by atoms with Crippen LogP contribution in [-0.2, 0) is 6.54 Å². The minimum atomic E-state index is -0.727. The van der Waals surface area contributed by atoms with Crippen LogP contribution in [0.2, 0.25) is 0 Å². The lowest BCUT2D eigenvalue weighted by molar-refractivity contribution is 0.831. The summed E-state index contributed by atoms with van der Waals surface area (Å²) in [7, 11) is 0. The van der Waals surface area contributed by atoms with Crippen molar-refractivity contribution in [1.82, 2.24) is 24.9 Å². The Balaban J connectivity index is 2.29. The zero-order chi connectivity index (χ0) is 18.1. The highest BCUT2D eigenvalue weighted by molar-refractivity contribution is 7.80. The predicted molar refractivity (Wildman–Crippen MR) is 98.9 cm³/mol. The normalized spacial score (nSPS) is 11.4. The average molecular weight is 357 g/mol. The van der Waals surface area contributed by atoms with Gasteiger partial charge in [-0.2, -0.15) is 10.1 Å². The van der Waals surface area contributed by atoms with Crippen LogP contribution in [0.15, 0.2) is 26.8 Å². The van der Waals surface area contributed by atoms with E-state index in [1.165, 1.54) is 6.21 Å². The Labute approximate surface area is 146 Å². The molecule has 25 heavy (non-hydrogen) atoms. The Morgan fingerprint density at radius 2 is 2.08 bits per heavy atom. The van der Waals surface area contributed by atoms with E-state index in [0.29, 0.717) is 5.52 Å². The van der Waals surface area contributed by atoms with Crippen molar-refractivity contribution in [3.8, 4) is 11.5 Å². The molecule has 4 N–H and O–H groups in total. The first-order valence-corrected chi connectivity index (χ1v) is 7.76. The van der Waals surface area contributed by atoms with E-state index in [1.54, 1.807) is 4.57 Å². The molecule has 0 amide bonds. The first-order chi connectivity index (χ1) is 11.9. The van der Waals surface area contributed by atoms with Crippen LogP contribution >= 0.6 is 12.2 Å². The van der Waals surface area contributed by atoms with Gasteiger partial charge in [-0.05, 0) is 49.3 Å². The molecule has 10 heteroatoms. The van der Waals surface area contributed by atoms with Gasteiger partial charge in [-0.3, -0.25) is 15.2 Å². The standard InChI is InChI=1S/C15H15N7O2S/c1-7-5-9-10(6-8(7)2)22(4-3-17-21-14(16)25)12-11(18-9)13(23)20-15(24)19-12/h3,5-6H,4H2,1-2H3,(H3,16,21,25)(H,20,23,24)/b17-3+. The highest BCUT2D eigenvalue weighted by Gasteiger charge is 2.18. The van der Waals surface area contributed by atoms with Crippen LogP contribution in [-0.4, -0.2) is 30.8 Å². The van der Waals surface area contributed by atoms with E-state index in [4.69, 9.17) is 5.73 Å². The highest BCUT2D eigenvalue weighted by Crippen LogP contribution is 2.23. The van der Waals surface area contributed by atoms with Gasteiger partial charge < -0.3 is 10.3 Å². The second-order valence-corrected chi connectivity index (χ2v) is 5.92. The molecule has 0 saturated carbocycles. The van der Waals surface area contributed by atoms with E-state index >= 15 is 0 Å². The van der Waals surface area contributed by atoms with Crippen molar-refractivity contribution in [2.24, 2.45) is 10.8 Å². The molecule has 1 aromatic carbocycles. The number of hydrazone groups is 1. The number of nitrogens with zero attached hydrogens (tertiary/aromatic N) is 4. The molecule has 3 rings (SSSR count). The zero-order valence-electron chi connectivity index (χ0n) is 13.5. The molecule has 0 atom stereocenters. The van der Waals surface area contributed by atoms with Gasteiger partial charge in [0.15, 0.2) is 16.6 Å².